The summed E-state index contributed by atoms with van der Waals surface area (Å²) < 4.78 is 15.2. The third kappa shape index (κ3) is 3.45. The van der Waals surface area contributed by atoms with Crippen LogP contribution in [0.15, 0.2) is 53.8 Å². The van der Waals surface area contributed by atoms with Gasteiger partial charge in [0, 0.05) is 5.02 Å². The van der Waals surface area contributed by atoms with Gasteiger partial charge in [-0.05, 0) is 43.3 Å². The Bertz CT molecular complexity index is 1550. The molecule has 0 bridgehead atoms. The summed E-state index contributed by atoms with van der Waals surface area (Å²) in [6.07, 6.45) is 2.91. The van der Waals surface area contributed by atoms with Crippen LogP contribution in [0.5, 0.6) is 0 Å². The van der Waals surface area contributed by atoms with Crippen LogP contribution in [0.2, 0.25) is 10.0 Å². The van der Waals surface area contributed by atoms with Crippen molar-refractivity contribution >= 4 is 51.1 Å². The lowest BCUT2D eigenvalue weighted by Crippen LogP contribution is -2.27. The Kier molecular flexibility index (Phi) is 4.99. The number of benzene rings is 2. The highest BCUT2D eigenvalue weighted by Crippen LogP contribution is 2.28. The minimum atomic E-state index is -0.541. The summed E-state index contributed by atoms with van der Waals surface area (Å²) in [5.74, 6) is 0.252. The highest BCUT2D eigenvalue weighted by atomic mass is 35.5. The van der Waals surface area contributed by atoms with Gasteiger partial charge in [-0.1, -0.05) is 23.2 Å². The van der Waals surface area contributed by atoms with Crippen LogP contribution in [0.4, 0.5) is 10.2 Å². The van der Waals surface area contributed by atoms with Gasteiger partial charge in [-0.25, -0.2) is 24.3 Å². The zero-order valence-electron chi connectivity index (χ0n) is 16.5. The first-order chi connectivity index (χ1) is 15.4. The van der Waals surface area contributed by atoms with Crippen LogP contribution in [0, 0.1) is 5.82 Å². The smallest absolute Gasteiger partial charge is 0.266 e. The first-order valence-electron chi connectivity index (χ1n) is 9.50. The van der Waals surface area contributed by atoms with E-state index in [4.69, 9.17) is 23.2 Å². The van der Waals surface area contributed by atoms with Crippen LogP contribution < -0.4 is 10.9 Å². The van der Waals surface area contributed by atoms with E-state index in [1.54, 1.807) is 18.2 Å². The van der Waals surface area contributed by atoms with Crippen molar-refractivity contribution in [3.8, 4) is 5.69 Å². The maximum absolute atomic E-state index is 13.9. The molecule has 8 nitrogen and oxygen atoms in total. The summed E-state index contributed by atoms with van der Waals surface area (Å²) >= 11 is 12.6. The zero-order chi connectivity index (χ0) is 22.4. The molecule has 11 heteroatoms. The fourth-order valence-corrected chi connectivity index (χ4v) is 3.86. The first-order valence-corrected chi connectivity index (χ1v) is 10.3. The van der Waals surface area contributed by atoms with E-state index in [0.717, 1.165) is 6.07 Å². The number of halogens is 3. The topological polar surface area (TPSA) is 101 Å². The number of H-pyrrole nitrogens is 1. The van der Waals surface area contributed by atoms with Crippen LogP contribution in [0.1, 0.15) is 18.8 Å². The minimum Gasteiger partial charge on any atom is -0.358 e. The van der Waals surface area contributed by atoms with Crippen molar-refractivity contribution in [2.75, 3.05) is 5.32 Å². The van der Waals surface area contributed by atoms with Crippen molar-refractivity contribution in [3.63, 3.8) is 0 Å². The third-order valence-electron chi connectivity index (χ3n) is 4.96. The van der Waals surface area contributed by atoms with Crippen molar-refractivity contribution in [2.45, 2.75) is 13.0 Å². The molecule has 2 aromatic carbocycles. The lowest BCUT2D eigenvalue weighted by Gasteiger charge is -2.21. The molecular formula is C21H14Cl2FN7O. The number of nitrogens with zero attached hydrogens (tertiary/aromatic N) is 5. The lowest BCUT2D eigenvalue weighted by molar-refractivity contribution is 0.629. The van der Waals surface area contributed by atoms with Crippen LogP contribution in [0.25, 0.3) is 27.8 Å². The molecule has 5 rings (SSSR count). The number of aromatic nitrogens is 6. The van der Waals surface area contributed by atoms with Crippen molar-refractivity contribution < 1.29 is 4.39 Å². The molecule has 0 aliphatic rings. The molecule has 0 fully saturated rings. The molecule has 5 aromatic rings. The van der Waals surface area contributed by atoms with Gasteiger partial charge in [-0.2, -0.15) is 0 Å². The van der Waals surface area contributed by atoms with Crippen LogP contribution in [0.3, 0.4) is 0 Å². The lowest BCUT2D eigenvalue weighted by atomic mass is 10.2. The van der Waals surface area contributed by atoms with E-state index in [0.29, 0.717) is 44.1 Å². The maximum atomic E-state index is 13.9. The van der Waals surface area contributed by atoms with E-state index in [-0.39, 0.29) is 5.39 Å². The van der Waals surface area contributed by atoms with Crippen molar-refractivity contribution in [1.29, 1.82) is 0 Å². The number of nitrogens with one attached hydrogen (secondary N) is 2. The SMILES string of the molecule is C[C@H](Nc1ncnc2[nH]cnc12)c1nc2ccc(F)cc2c(=O)n1-c1cc(Cl)ccc1Cl. The zero-order valence-corrected chi connectivity index (χ0v) is 18.0. The number of hydrogen-bond donors (Lipinski definition) is 2. The number of rotatable bonds is 4. The van der Waals surface area contributed by atoms with E-state index >= 15 is 0 Å². The first kappa shape index (κ1) is 20.3. The molecule has 1 atom stereocenters. The van der Waals surface area contributed by atoms with Crippen molar-refractivity contribution in [3.05, 3.63) is 81.1 Å². The molecule has 0 saturated carbocycles. The Hall–Kier alpha value is -3.56. The second-order valence-corrected chi connectivity index (χ2v) is 7.90. The van der Waals surface area contributed by atoms with Crippen LogP contribution in [-0.2, 0) is 0 Å². The summed E-state index contributed by atoms with van der Waals surface area (Å²) in [5, 5.41) is 4.02. The van der Waals surface area contributed by atoms with Gasteiger partial charge in [-0.15, -0.1) is 0 Å². The normalized spacial score (nSPS) is 12.4. The summed E-state index contributed by atoms with van der Waals surface area (Å²) in [6, 6.07) is 8.10. The molecule has 0 aliphatic heterocycles. The molecular weight excluding hydrogens is 456 g/mol. The standard InChI is InChI=1S/C21H14Cl2FN7O/c1-10(29-19-17-18(26-8-25-17)27-9-28-19)20-30-15-5-3-12(24)7-13(15)21(32)31(20)16-6-11(22)2-4-14(16)23/h2-10H,1H3,(H2,25,26,27,28,29)/t10-/m0/s1. The average Bonchev–Trinajstić information content (AvgIpc) is 3.26. The molecule has 0 aliphatic carbocycles. The summed E-state index contributed by atoms with van der Waals surface area (Å²) in [4.78, 5) is 33.7. The van der Waals surface area contributed by atoms with Gasteiger partial charge in [0.15, 0.2) is 11.5 Å². The van der Waals surface area contributed by atoms with Crippen LogP contribution >= 0.6 is 23.2 Å². The van der Waals surface area contributed by atoms with Gasteiger partial charge in [-0.3, -0.25) is 9.36 Å². The Morgan fingerprint density at radius 1 is 1.12 bits per heavy atom. The molecule has 0 saturated heterocycles. The monoisotopic (exact) mass is 469 g/mol. The van der Waals surface area contributed by atoms with Crippen molar-refractivity contribution in [2.24, 2.45) is 0 Å². The molecule has 0 amide bonds. The van der Waals surface area contributed by atoms with Gasteiger partial charge in [0.1, 0.15) is 23.5 Å². The second-order valence-electron chi connectivity index (χ2n) is 7.06. The minimum absolute atomic E-state index is 0.119. The Morgan fingerprint density at radius 3 is 2.81 bits per heavy atom. The number of hydrogen-bond acceptors (Lipinski definition) is 6. The number of anilines is 1. The molecule has 3 aromatic heterocycles. The fraction of sp³-hybridized carbons (Fsp3) is 0.0952. The maximum Gasteiger partial charge on any atom is 0.266 e. The van der Waals surface area contributed by atoms with Gasteiger partial charge in [0.25, 0.3) is 5.56 Å². The average molecular weight is 470 g/mol. The second kappa shape index (κ2) is 7.85. The number of fused-ring (bicyclic) bond motifs is 2. The molecule has 0 radical (unpaired) electrons. The molecule has 32 heavy (non-hydrogen) atoms. The third-order valence-corrected chi connectivity index (χ3v) is 5.52. The van der Waals surface area contributed by atoms with Gasteiger partial charge in [0.05, 0.1) is 34.0 Å². The highest BCUT2D eigenvalue weighted by Gasteiger charge is 2.21. The summed E-state index contributed by atoms with van der Waals surface area (Å²) in [6.45, 7) is 1.81. The predicted octanol–water partition coefficient (Wildman–Crippen LogP) is 4.67. The fourth-order valence-electron chi connectivity index (χ4n) is 3.50. The van der Waals surface area contributed by atoms with E-state index < -0.39 is 17.4 Å². The number of aromatic amines is 1. The molecule has 0 unspecified atom stereocenters. The van der Waals surface area contributed by atoms with E-state index in [1.807, 2.05) is 6.92 Å². The van der Waals surface area contributed by atoms with E-state index in [1.165, 1.54) is 29.4 Å². The van der Waals surface area contributed by atoms with Gasteiger partial charge < -0.3 is 10.3 Å². The molecule has 2 N–H and O–H groups in total. The van der Waals surface area contributed by atoms with E-state index in [2.05, 4.69) is 30.2 Å². The van der Waals surface area contributed by atoms with Crippen molar-refractivity contribution in [1.82, 2.24) is 29.5 Å². The Morgan fingerprint density at radius 2 is 1.97 bits per heavy atom. The summed E-state index contributed by atoms with van der Waals surface area (Å²) in [5.41, 5.74) is 1.31. The van der Waals surface area contributed by atoms with E-state index in [9.17, 15) is 9.18 Å². The molecule has 3 heterocycles. The van der Waals surface area contributed by atoms with Crippen LogP contribution in [-0.4, -0.2) is 29.5 Å². The molecule has 0 spiro atoms. The Balaban J connectivity index is 1.74. The van der Waals surface area contributed by atoms with Gasteiger partial charge in [0.2, 0.25) is 0 Å². The highest BCUT2D eigenvalue weighted by molar-refractivity contribution is 6.34. The largest absolute Gasteiger partial charge is 0.358 e. The molecule has 160 valence electrons. The van der Waals surface area contributed by atoms with Gasteiger partial charge >= 0.3 is 0 Å². The quantitative estimate of drug-likeness (QED) is 0.396. The Labute approximate surface area is 190 Å². The number of imidazole rings is 1. The summed E-state index contributed by atoms with van der Waals surface area (Å²) in [7, 11) is 0. The predicted molar refractivity (Wildman–Crippen MR) is 121 cm³/mol.